The van der Waals surface area contributed by atoms with Crippen LogP contribution in [0.2, 0.25) is 5.02 Å². The van der Waals surface area contributed by atoms with Crippen LogP contribution in [0, 0.1) is 10.1 Å². The molecule has 0 atom stereocenters. The molecule has 0 saturated heterocycles. The van der Waals surface area contributed by atoms with Gasteiger partial charge in [-0.1, -0.05) is 16.4 Å². The lowest BCUT2D eigenvalue weighted by atomic mass is 10.3. The lowest BCUT2D eigenvalue weighted by Crippen LogP contribution is -2.21. The van der Waals surface area contributed by atoms with E-state index in [4.69, 9.17) is 11.6 Å². The average Bonchev–Trinajstić information content (AvgIpc) is 2.67. The van der Waals surface area contributed by atoms with Gasteiger partial charge in [0.1, 0.15) is 5.69 Å². The minimum absolute atomic E-state index is 0.241. The second-order valence-electron chi connectivity index (χ2n) is 3.28. The summed E-state index contributed by atoms with van der Waals surface area (Å²) < 4.78 is 0. The number of rotatable bonds is 2. The average molecular weight is 270 g/mol. The molecule has 2 rings (SSSR count). The summed E-state index contributed by atoms with van der Waals surface area (Å²) in [5, 5.41) is 24.7. The Bertz CT molecular complexity index is 658. The molecule has 0 aliphatic rings. The van der Waals surface area contributed by atoms with E-state index in [1.54, 1.807) is 24.3 Å². The van der Waals surface area contributed by atoms with Gasteiger partial charge < -0.3 is 15.3 Å². The first-order chi connectivity index (χ1) is 8.54. The summed E-state index contributed by atoms with van der Waals surface area (Å²) in [6, 6.07) is 6.27. The predicted molar refractivity (Wildman–Crippen MR) is 61.9 cm³/mol. The molecule has 0 radical (unpaired) electrons. The van der Waals surface area contributed by atoms with Crippen molar-refractivity contribution >= 4 is 17.4 Å². The predicted octanol–water partition coefficient (Wildman–Crippen LogP) is 1.00. The molecule has 0 aliphatic heterocycles. The quantitative estimate of drug-likeness (QED) is 0.499. The van der Waals surface area contributed by atoms with Crippen LogP contribution in [0.5, 0.6) is 0 Å². The molecule has 18 heavy (non-hydrogen) atoms. The van der Waals surface area contributed by atoms with Crippen molar-refractivity contribution in [2.75, 3.05) is 7.05 Å². The van der Waals surface area contributed by atoms with Crippen LogP contribution in [0.15, 0.2) is 29.3 Å². The Morgan fingerprint density at radius 1 is 1.44 bits per heavy atom. The topological polar surface area (TPSA) is 98.5 Å². The highest BCUT2D eigenvalue weighted by Crippen LogP contribution is 2.12. The fourth-order valence-corrected chi connectivity index (χ4v) is 1.53. The number of hydrogen-bond donors (Lipinski definition) is 1. The molecule has 0 unspecified atom stereocenters. The summed E-state index contributed by atoms with van der Waals surface area (Å²) in [6.07, 6.45) is 0. The van der Waals surface area contributed by atoms with Gasteiger partial charge in [-0.2, -0.15) is 0 Å². The van der Waals surface area contributed by atoms with Gasteiger partial charge in [-0.3, -0.25) is 4.99 Å². The maximum Gasteiger partial charge on any atom is 0.438 e. The van der Waals surface area contributed by atoms with Crippen molar-refractivity contribution in [1.82, 2.24) is 14.7 Å². The Labute approximate surface area is 105 Å². The lowest BCUT2D eigenvalue weighted by molar-refractivity contribution is -0.391. The molecule has 0 fully saturated rings. The molecular formula is C9H8ClN5O3. The normalized spacial score (nSPS) is 11.8. The highest BCUT2D eigenvalue weighted by Gasteiger charge is 2.23. The van der Waals surface area contributed by atoms with Gasteiger partial charge in [0.2, 0.25) is 0 Å². The summed E-state index contributed by atoms with van der Waals surface area (Å²) in [7, 11) is 1.32. The van der Waals surface area contributed by atoms with Gasteiger partial charge in [-0.05, 0) is 34.0 Å². The first-order valence-electron chi connectivity index (χ1n) is 4.79. The minimum Gasteiger partial charge on any atom is -0.409 e. The molecule has 0 spiro atoms. The van der Waals surface area contributed by atoms with Crippen LogP contribution in [0.1, 0.15) is 0 Å². The van der Waals surface area contributed by atoms with Crippen molar-refractivity contribution in [2.45, 2.75) is 0 Å². The maximum absolute atomic E-state index is 10.8. The standard InChI is InChI=1S/C9H8ClN5O3/c1-11-8-9(15(17)18)12-13(14(8)16)7-4-2-6(10)3-5-7/h2-5,16H,1H3. The second-order valence-corrected chi connectivity index (χ2v) is 3.72. The summed E-state index contributed by atoms with van der Waals surface area (Å²) >= 11 is 5.73. The molecule has 94 valence electrons. The zero-order chi connectivity index (χ0) is 13.3. The third-order valence-corrected chi connectivity index (χ3v) is 2.45. The number of halogens is 1. The maximum atomic E-state index is 10.8. The highest BCUT2D eigenvalue weighted by atomic mass is 35.5. The van der Waals surface area contributed by atoms with Crippen LogP contribution in [0.3, 0.4) is 0 Å². The molecule has 1 aromatic heterocycles. The zero-order valence-electron chi connectivity index (χ0n) is 9.19. The van der Waals surface area contributed by atoms with Crippen molar-refractivity contribution < 1.29 is 10.1 Å². The molecule has 0 aliphatic carbocycles. The fourth-order valence-electron chi connectivity index (χ4n) is 1.41. The van der Waals surface area contributed by atoms with Gasteiger partial charge in [-0.15, -0.1) is 0 Å². The van der Waals surface area contributed by atoms with E-state index in [1.165, 1.54) is 7.05 Å². The van der Waals surface area contributed by atoms with Crippen molar-refractivity contribution in [1.29, 1.82) is 0 Å². The molecule has 0 amide bonds. The fraction of sp³-hybridized carbons (Fsp3) is 0.111. The van der Waals surface area contributed by atoms with E-state index < -0.39 is 10.7 Å². The van der Waals surface area contributed by atoms with Crippen LogP contribution in [-0.4, -0.2) is 31.9 Å². The van der Waals surface area contributed by atoms with Gasteiger partial charge in [-0.25, -0.2) is 0 Å². The van der Waals surface area contributed by atoms with Crippen molar-refractivity contribution in [3.05, 3.63) is 44.9 Å². The second kappa shape index (κ2) is 4.49. The highest BCUT2D eigenvalue weighted by molar-refractivity contribution is 6.30. The van der Waals surface area contributed by atoms with Crippen LogP contribution in [-0.2, 0) is 0 Å². The Morgan fingerprint density at radius 3 is 2.50 bits per heavy atom. The number of aromatic nitrogens is 3. The van der Waals surface area contributed by atoms with Gasteiger partial charge >= 0.3 is 5.82 Å². The SMILES string of the molecule is CN=c1c([N+](=O)[O-])nn(-c2ccc(Cl)cc2)n1O. The molecular weight excluding hydrogens is 262 g/mol. The van der Waals surface area contributed by atoms with Crippen molar-refractivity contribution in [2.24, 2.45) is 4.99 Å². The molecule has 2 aromatic rings. The number of nitrogens with zero attached hydrogens (tertiary/aromatic N) is 5. The van der Waals surface area contributed by atoms with E-state index in [0.29, 0.717) is 15.6 Å². The molecule has 0 bridgehead atoms. The zero-order valence-corrected chi connectivity index (χ0v) is 9.94. The Kier molecular flexibility index (Phi) is 3.02. The van der Waals surface area contributed by atoms with Gasteiger partial charge in [0, 0.05) is 12.1 Å². The molecule has 0 saturated carbocycles. The van der Waals surface area contributed by atoms with Gasteiger partial charge in [0.15, 0.2) is 0 Å². The molecule has 1 N–H and O–H groups in total. The van der Waals surface area contributed by atoms with Crippen molar-refractivity contribution in [3.8, 4) is 5.69 Å². The Morgan fingerprint density at radius 2 is 2.06 bits per heavy atom. The van der Waals surface area contributed by atoms with Crippen molar-refractivity contribution in [3.63, 3.8) is 0 Å². The summed E-state index contributed by atoms with van der Waals surface area (Å²) in [5.74, 6) is -0.532. The van der Waals surface area contributed by atoms with E-state index in [-0.39, 0.29) is 5.49 Å². The Balaban J connectivity index is 2.66. The van der Waals surface area contributed by atoms with E-state index in [2.05, 4.69) is 10.1 Å². The van der Waals surface area contributed by atoms with Crippen LogP contribution in [0.4, 0.5) is 5.82 Å². The summed E-state index contributed by atoms with van der Waals surface area (Å²) in [4.78, 5) is 15.1. The minimum atomic E-state index is -0.721. The summed E-state index contributed by atoms with van der Waals surface area (Å²) in [6.45, 7) is 0. The number of hydrogen-bond acceptors (Lipinski definition) is 5. The van der Waals surface area contributed by atoms with Gasteiger partial charge in [0.25, 0.3) is 5.49 Å². The molecule has 9 heteroatoms. The first-order valence-corrected chi connectivity index (χ1v) is 5.17. The molecule has 1 heterocycles. The van der Waals surface area contributed by atoms with E-state index >= 15 is 0 Å². The van der Waals surface area contributed by atoms with Crippen LogP contribution >= 0.6 is 11.6 Å². The molecule has 1 aromatic carbocycles. The number of benzene rings is 1. The smallest absolute Gasteiger partial charge is 0.409 e. The number of nitro groups is 1. The lowest BCUT2D eigenvalue weighted by Gasteiger charge is -1.99. The third kappa shape index (κ3) is 1.93. The van der Waals surface area contributed by atoms with Gasteiger partial charge in [0.05, 0.1) is 5.10 Å². The summed E-state index contributed by atoms with van der Waals surface area (Å²) in [5.41, 5.74) is 0.176. The Hall–Kier alpha value is -2.35. The molecule has 8 nitrogen and oxygen atoms in total. The van der Waals surface area contributed by atoms with E-state index in [1.807, 2.05) is 0 Å². The third-order valence-electron chi connectivity index (χ3n) is 2.20. The van der Waals surface area contributed by atoms with Crippen LogP contribution in [0.25, 0.3) is 5.69 Å². The first kappa shape index (κ1) is 12.1. The van der Waals surface area contributed by atoms with Crippen LogP contribution < -0.4 is 5.49 Å². The monoisotopic (exact) mass is 269 g/mol. The van der Waals surface area contributed by atoms with E-state index in [0.717, 1.165) is 4.80 Å². The largest absolute Gasteiger partial charge is 0.438 e. The van der Waals surface area contributed by atoms with E-state index in [9.17, 15) is 15.3 Å².